The Bertz CT molecular complexity index is 1690. The number of nitrogens with two attached hydrogens (primary N) is 1. The van der Waals surface area contributed by atoms with Crippen molar-refractivity contribution in [2.75, 3.05) is 11.9 Å². The Hall–Kier alpha value is -4.90. The number of hydrogen-bond acceptors (Lipinski definition) is 7. The van der Waals surface area contributed by atoms with Crippen LogP contribution >= 0.6 is 0 Å². The summed E-state index contributed by atoms with van der Waals surface area (Å²) in [5.74, 6) is 0.465. The van der Waals surface area contributed by atoms with Crippen molar-refractivity contribution in [3.63, 3.8) is 0 Å². The van der Waals surface area contributed by atoms with Gasteiger partial charge in [0.15, 0.2) is 0 Å². The first-order chi connectivity index (χ1) is 21.0. The highest BCUT2D eigenvalue weighted by atomic mass is 16.2. The van der Waals surface area contributed by atoms with E-state index in [9.17, 15) is 9.59 Å². The molecule has 0 radical (unpaired) electrons. The molecule has 0 saturated heterocycles. The number of nitrogens with one attached hydrogen (secondary N) is 3. The van der Waals surface area contributed by atoms with Gasteiger partial charge >= 0.3 is 0 Å². The molecule has 3 aromatic carbocycles. The number of aromatic nitrogens is 6. The van der Waals surface area contributed by atoms with Gasteiger partial charge in [-0.2, -0.15) is 5.21 Å². The first-order valence-electron chi connectivity index (χ1n) is 14.6. The minimum absolute atomic E-state index is 0.0802. The summed E-state index contributed by atoms with van der Waals surface area (Å²) in [7, 11) is 1.98. The standard InChI is InChI=1S/C32H35N9O2/c1-41-19-34-27-17-25(12-15-29(27)41)22-6-2-20(3-7-22)16-28(36-31(42)24-8-4-21(18-33)5-9-24)32(43)35-26-13-10-23(11-14-26)30-37-39-40-38-30/h2-3,6-7,10-15,17,19,21,24,28H,4-5,8-9,16,18,33H2,1H3,(H,35,43)(H,36,42)(H,37,38,39,40). The highest BCUT2D eigenvalue weighted by Gasteiger charge is 2.29. The lowest BCUT2D eigenvalue weighted by Crippen LogP contribution is -2.48. The molecule has 1 atom stereocenters. The van der Waals surface area contributed by atoms with Crippen LogP contribution in [0.4, 0.5) is 5.69 Å². The SMILES string of the molecule is Cn1cnc2cc(-c3ccc(CC(NC(=O)C4CCC(CN)CC4)C(=O)Nc4ccc(-c5nn[nH]n5)cc4)cc3)ccc21. The predicted molar refractivity (Wildman–Crippen MR) is 165 cm³/mol. The lowest BCUT2D eigenvalue weighted by atomic mass is 9.81. The molecular formula is C32H35N9O2. The third-order valence-corrected chi connectivity index (χ3v) is 8.39. The van der Waals surface area contributed by atoms with Crippen LogP contribution in [-0.2, 0) is 23.1 Å². The van der Waals surface area contributed by atoms with Crippen LogP contribution in [0, 0.1) is 11.8 Å². The average Bonchev–Trinajstić information content (AvgIpc) is 3.72. The highest BCUT2D eigenvalue weighted by Crippen LogP contribution is 2.29. The van der Waals surface area contributed by atoms with Crippen molar-refractivity contribution >= 4 is 28.5 Å². The molecule has 1 fully saturated rings. The van der Waals surface area contributed by atoms with E-state index >= 15 is 0 Å². The van der Waals surface area contributed by atoms with Crippen molar-refractivity contribution in [1.29, 1.82) is 0 Å². The number of fused-ring (bicyclic) bond motifs is 1. The van der Waals surface area contributed by atoms with E-state index in [1.54, 1.807) is 12.1 Å². The maximum Gasteiger partial charge on any atom is 0.247 e. The molecular weight excluding hydrogens is 542 g/mol. The fourth-order valence-electron chi connectivity index (χ4n) is 5.76. The Morgan fingerprint density at radius 2 is 1.70 bits per heavy atom. The van der Waals surface area contributed by atoms with Crippen molar-refractivity contribution in [2.45, 2.75) is 38.1 Å². The van der Waals surface area contributed by atoms with Crippen LogP contribution in [0.15, 0.2) is 73.1 Å². The maximum atomic E-state index is 13.6. The first-order valence-corrected chi connectivity index (χ1v) is 14.6. The monoisotopic (exact) mass is 577 g/mol. The zero-order valence-corrected chi connectivity index (χ0v) is 24.0. The average molecular weight is 578 g/mol. The molecule has 1 unspecified atom stereocenters. The van der Waals surface area contributed by atoms with Crippen LogP contribution in [0.2, 0.25) is 0 Å². The molecule has 2 heterocycles. The molecule has 2 amide bonds. The second-order valence-electron chi connectivity index (χ2n) is 11.3. The summed E-state index contributed by atoms with van der Waals surface area (Å²) in [6.45, 7) is 0.649. The van der Waals surface area contributed by atoms with E-state index in [1.165, 1.54) is 0 Å². The molecule has 11 nitrogen and oxygen atoms in total. The minimum Gasteiger partial charge on any atom is -0.344 e. The fraction of sp³-hybridized carbons (Fsp3) is 0.312. The van der Waals surface area contributed by atoms with Crippen LogP contribution in [0.5, 0.6) is 0 Å². The van der Waals surface area contributed by atoms with Gasteiger partial charge in [0.05, 0.1) is 17.4 Å². The Morgan fingerprint density at radius 1 is 0.977 bits per heavy atom. The number of amides is 2. The molecule has 5 aromatic rings. The summed E-state index contributed by atoms with van der Waals surface area (Å²) < 4.78 is 1.99. The number of rotatable bonds is 9. The zero-order valence-electron chi connectivity index (χ0n) is 24.0. The lowest BCUT2D eigenvalue weighted by molar-refractivity contribution is -0.130. The second kappa shape index (κ2) is 12.5. The van der Waals surface area contributed by atoms with Crippen LogP contribution in [0.1, 0.15) is 31.2 Å². The number of H-pyrrole nitrogens is 1. The molecule has 0 spiro atoms. The second-order valence-corrected chi connectivity index (χ2v) is 11.3. The normalized spacial score (nSPS) is 17.4. The first kappa shape index (κ1) is 28.2. The van der Waals surface area contributed by atoms with Gasteiger partial charge in [-0.05, 0) is 96.4 Å². The van der Waals surface area contributed by atoms with Crippen molar-refractivity contribution < 1.29 is 9.59 Å². The van der Waals surface area contributed by atoms with Crippen LogP contribution in [0.25, 0.3) is 33.5 Å². The van der Waals surface area contributed by atoms with E-state index in [0.717, 1.165) is 59.0 Å². The summed E-state index contributed by atoms with van der Waals surface area (Å²) in [6, 6.07) is 20.8. The third kappa shape index (κ3) is 6.46. The number of hydrogen-bond donors (Lipinski definition) is 4. The number of nitrogens with zero attached hydrogens (tertiary/aromatic N) is 5. The summed E-state index contributed by atoms with van der Waals surface area (Å²) >= 11 is 0. The molecule has 1 aliphatic rings. The van der Waals surface area contributed by atoms with Gasteiger partial charge < -0.3 is 20.9 Å². The number of carbonyl (C=O) groups excluding carboxylic acids is 2. The summed E-state index contributed by atoms with van der Waals surface area (Å²) in [6.07, 6.45) is 5.61. The Balaban J connectivity index is 1.17. The fourth-order valence-corrected chi connectivity index (χ4v) is 5.76. The number of tetrazole rings is 1. The van der Waals surface area contributed by atoms with E-state index in [4.69, 9.17) is 5.73 Å². The molecule has 2 aromatic heterocycles. The molecule has 11 heteroatoms. The third-order valence-electron chi connectivity index (χ3n) is 8.39. The van der Waals surface area contributed by atoms with E-state index in [0.29, 0.717) is 30.4 Å². The van der Waals surface area contributed by atoms with Crippen molar-refractivity contribution in [2.24, 2.45) is 24.6 Å². The van der Waals surface area contributed by atoms with Crippen LogP contribution < -0.4 is 16.4 Å². The number of anilines is 1. The molecule has 43 heavy (non-hydrogen) atoms. The van der Waals surface area contributed by atoms with Crippen molar-refractivity contribution in [3.05, 3.63) is 78.6 Å². The largest absolute Gasteiger partial charge is 0.344 e. The van der Waals surface area contributed by atoms with Gasteiger partial charge in [-0.25, -0.2) is 4.98 Å². The molecule has 5 N–H and O–H groups in total. The molecule has 1 aliphatic carbocycles. The Labute approximate surface area is 249 Å². The maximum absolute atomic E-state index is 13.6. The minimum atomic E-state index is -0.743. The topological polar surface area (TPSA) is 156 Å². The number of imidazole rings is 1. The van der Waals surface area contributed by atoms with Crippen molar-refractivity contribution in [3.8, 4) is 22.5 Å². The van der Waals surface area contributed by atoms with Gasteiger partial charge in [0.1, 0.15) is 6.04 Å². The summed E-state index contributed by atoms with van der Waals surface area (Å²) in [5, 5.41) is 20.0. The van der Waals surface area contributed by atoms with Gasteiger partial charge in [-0.3, -0.25) is 9.59 Å². The number of benzene rings is 3. The molecule has 220 valence electrons. The molecule has 0 bridgehead atoms. The summed E-state index contributed by atoms with van der Waals surface area (Å²) in [5.41, 5.74) is 12.3. The summed E-state index contributed by atoms with van der Waals surface area (Å²) in [4.78, 5) is 31.4. The highest BCUT2D eigenvalue weighted by molar-refractivity contribution is 5.97. The predicted octanol–water partition coefficient (Wildman–Crippen LogP) is 3.85. The molecule has 6 rings (SSSR count). The molecule has 1 saturated carbocycles. The van der Waals surface area contributed by atoms with Gasteiger partial charge in [0.2, 0.25) is 17.6 Å². The van der Waals surface area contributed by atoms with E-state index in [-0.39, 0.29) is 17.7 Å². The van der Waals surface area contributed by atoms with Gasteiger partial charge in [-0.1, -0.05) is 30.3 Å². The number of carbonyl (C=O) groups is 2. The van der Waals surface area contributed by atoms with Gasteiger partial charge in [0, 0.05) is 30.6 Å². The van der Waals surface area contributed by atoms with Gasteiger partial charge in [-0.15, -0.1) is 10.2 Å². The van der Waals surface area contributed by atoms with Crippen molar-refractivity contribution in [1.82, 2.24) is 35.5 Å². The Kier molecular flexibility index (Phi) is 8.23. The van der Waals surface area contributed by atoms with E-state index in [2.05, 4.69) is 54.4 Å². The molecule has 0 aliphatic heterocycles. The Morgan fingerprint density at radius 3 is 2.40 bits per heavy atom. The zero-order chi connectivity index (χ0) is 29.8. The van der Waals surface area contributed by atoms with E-state index < -0.39 is 6.04 Å². The number of aryl methyl sites for hydroxylation is 1. The lowest BCUT2D eigenvalue weighted by Gasteiger charge is -2.28. The smallest absolute Gasteiger partial charge is 0.247 e. The van der Waals surface area contributed by atoms with E-state index in [1.807, 2.05) is 54.3 Å². The van der Waals surface area contributed by atoms with Gasteiger partial charge in [0.25, 0.3) is 0 Å². The van der Waals surface area contributed by atoms with Crippen LogP contribution in [-0.4, -0.2) is 54.6 Å². The number of aromatic amines is 1. The quantitative estimate of drug-likeness (QED) is 0.207. The van der Waals surface area contributed by atoms with Crippen LogP contribution in [0.3, 0.4) is 0 Å².